The van der Waals surface area contributed by atoms with Crippen LogP contribution in [0.15, 0.2) is 43.2 Å². The van der Waals surface area contributed by atoms with Crippen LogP contribution in [-0.2, 0) is 6.18 Å². The summed E-state index contributed by atoms with van der Waals surface area (Å²) in [5, 5.41) is 13.4. The third kappa shape index (κ3) is 3.59. The normalized spacial score (nSPS) is 11.8. The Labute approximate surface area is 170 Å². The summed E-state index contributed by atoms with van der Waals surface area (Å²) in [6.07, 6.45) is -1.32. The van der Waals surface area contributed by atoms with Crippen molar-refractivity contribution in [3.63, 3.8) is 0 Å². The van der Waals surface area contributed by atoms with Crippen molar-refractivity contribution < 1.29 is 18.4 Å². The number of aryl methyl sites for hydroxylation is 1. The fourth-order valence-electron chi connectivity index (χ4n) is 2.87. The molecule has 29 heavy (non-hydrogen) atoms. The summed E-state index contributed by atoms with van der Waals surface area (Å²) in [5.74, 6) is 0. The first-order valence-electron chi connectivity index (χ1n) is 8.25. The molecule has 0 saturated carbocycles. The largest absolute Gasteiger partial charge is 0.419 e. The molecule has 4 aromatic heterocycles. The Morgan fingerprint density at radius 2 is 2.03 bits per heavy atom. The zero-order chi connectivity index (χ0) is 20.8. The van der Waals surface area contributed by atoms with Gasteiger partial charge in [0.15, 0.2) is 5.13 Å². The first-order valence-corrected chi connectivity index (χ1v) is 9.88. The number of hydroxylamine groups is 1. The molecule has 0 aliphatic carbocycles. The molecule has 0 spiro atoms. The molecule has 11 heteroatoms. The third-order valence-corrected chi connectivity index (χ3v) is 6.12. The molecule has 4 heterocycles. The van der Waals surface area contributed by atoms with Crippen LogP contribution in [0, 0.1) is 6.92 Å². The monoisotopic (exact) mass is 437 g/mol. The number of pyridine rings is 1. The van der Waals surface area contributed by atoms with Crippen molar-refractivity contribution in [2.24, 2.45) is 0 Å². The number of anilines is 2. The lowest BCUT2D eigenvalue weighted by Gasteiger charge is -2.08. The van der Waals surface area contributed by atoms with Crippen LogP contribution in [0.1, 0.15) is 16.1 Å². The zero-order valence-corrected chi connectivity index (χ0v) is 16.5. The molecule has 0 bridgehead atoms. The quantitative estimate of drug-likeness (QED) is 0.358. The molecule has 0 aliphatic heterocycles. The number of fused-ring (bicyclic) bond motifs is 1. The van der Waals surface area contributed by atoms with Crippen molar-refractivity contribution in [2.75, 3.05) is 5.32 Å². The standard InChI is InChI=1S/C18H14F3N5OS2/c1-9(25-27)12-5-6-14(28-12)24-17-22-8-13(29-17)15-10(2)23-16-11(18(19,20)21)4-3-7-26(15)16/h3-8,25,27H,1H2,2H3,(H,22,24). The van der Waals surface area contributed by atoms with E-state index in [0.717, 1.165) is 15.9 Å². The number of alkyl halides is 3. The summed E-state index contributed by atoms with van der Waals surface area (Å²) in [6, 6.07) is 5.99. The maximum Gasteiger partial charge on any atom is 0.419 e. The van der Waals surface area contributed by atoms with Gasteiger partial charge in [-0.05, 0) is 31.2 Å². The van der Waals surface area contributed by atoms with Gasteiger partial charge in [-0.25, -0.2) is 9.97 Å². The molecular formula is C18H14F3N5OS2. The van der Waals surface area contributed by atoms with E-state index in [4.69, 9.17) is 5.21 Å². The van der Waals surface area contributed by atoms with Crippen molar-refractivity contribution in [3.05, 3.63) is 59.4 Å². The van der Waals surface area contributed by atoms with Crippen molar-refractivity contribution in [1.82, 2.24) is 19.8 Å². The molecule has 6 nitrogen and oxygen atoms in total. The molecule has 4 aromatic rings. The molecule has 4 rings (SSSR count). The molecule has 0 atom stereocenters. The van der Waals surface area contributed by atoms with Crippen LogP contribution in [-0.4, -0.2) is 19.6 Å². The lowest BCUT2D eigenvalue weighted by Crippen LogP contribution is -2.07. The van der Waals surface area contributed by atoms with Gasteiger partial charge in [0.2, 0.25) is 0 Å². The summed E-state index contributed by atoms with van der Waals surface area (Å²) in [7, 11) is 0. The minimum atomic E-state index is -4.48. The average molecular weight is 437 g/mol. The van der Waals surface area contributed by atoms with Crippen molar-refractivity contribution in [1.29, 1.82) is 0 Å². The Balaban J connectivity index is 1.68. The Kier molecular flexibility index (Phi) is 4.81. The van der Waals surface area contributed by atoms with Crippen LogP contribution in [0.25, 0.3) is 21.9 Å². The highest BCUT2D eigenvalue weighted by Gasteiger charge is 2.34. The molecule has 3 N–H and O–H groups in total. The summed E-state index contributed by atoms with van der Waals surface area (Å²) in [5.41, 5.74) is 2.53. The van der Waals surface area contributed by atoms with Crippen LogP contribution in [0.4, 0.5) is 23.3 Å². The SMILES string of the molecule is C=C(NO)c1ccc(Nc2ncc(-c3c(C)nc4c(C(F)(F)F)cccn34)s2)s1. The molecule has 0 amide bonds. The van der Waals surface area contributed by atoms with Crippen molar-refractivity contribution in [2.45, 2.75) is 13.1 Å². The van der Waals surface area contributed by atoms with E-state index in [9.17, 15) is 13.2 Å². The van der Waals surface area contributed by atoms with E-state index >= 15 is 0 Å². The number of rotatable bonds is 5. The van der Waals surface area contributed by atoms with Crippen LogP contribution in [0.5, 0.6) is 0 Å². The Hall–Kier alpha value is -2.89. The Morgan fingerprint density at radius 1 is 1.24 bits per heavy atom. The number of hydrogen-bond donors (Lipinski definition) is 3. The summed E-state index contributed by atoms with van der Waals surface area (Å²) in [4.78, 5) is 9.91. The van der Waals surface area contributed by atoms with E-state index < -0.39 is 11.7 Å². The molecule has 0 fully saturated rings. The van der Waals surface area contributed by atoms with E-state index in [-0.39, 0.29) is 5.65 Å². The Morgan fingerprint density at radius 3 is 2.76 bits per heavy atom. The van der Waals surface area contributed by atoms with E-state index in [2.05, 4.69) is 21.9 Å². The highest BCUT2D eigenvalue weighted by atomic mass is 32.1. The van der Waals surface area contributed by atoms with Crippen LogP contribution >= 0.6 is 22.7 Å². The second-order valence-electron chi connectivity index (χ2n) is 6.07. The number of nitrogens with zero attached hydrogens (tertiary/aromatic N) is 3. The van der Waals surface area contributed by atoms with Gasteiger partial charge in [-0.3, -0.25) is 15.1 Å². The molecule has 0 aromatic carbocycles. The van der Waals surface area contributed by atoms with Gasteiger partial charge in [-0.2, -0.15) is 13.2 Å². The minimum Gasteiger partial charge on any atom is -0.323 e. The summed E-state index contributed by atoms with van der Waals surface area (Å²) < 4.78 is 41.3. The highest BCUT2D eigenvalue weighted by molar-refractivity contribution is 7.20. The smallest absolute Gasteiger partial charge is 0.323 e. The molecule has 0 unspecified atom stereocenters. The predicted molar refractivity (Wildman–Crippen MR) is 108 cm³/mol. The molecule has 0 radical (unpaired) electrons. The lowest BCUT2D eigenvalue weighted by atomic mass is 10.2. The number of halogens is 3. The number of hydrogen-bond acceptors (Lipinski definition) is 7. The van der Waals surface area contributed by atoms with Crippen LogP contribution in [0.2, 0.25) is 0 Å². The fraction of sp³-hybridized carbons (Fsp3) is 0.111. The lowest BCUT2D eigenvalue weighted by molar-refractivity contribution is -0.136. The van der Waals surface area contributed by atoms with Gasteiger partial charge < -0.3 is 5.32 Å². The van der Waals surface area contributed by atoms with Gasteiger partial charge in [-0.1, -0.05) is 17.9 Å². The van der Waals surface area contributed by atoms with Gasteiger partial charge in [0.25, 0.3) is 0 Å². The molecule has 150 valence electrons. The zero-order valence-electron chi connectivity index (χ0n) is 14.9. The van der Waals surface area contributed by atoms with Gasteiger partial charge in [0.05, 0.1) is 37.4 Å². The van der Waals surface area contributed by atoms with E-state index in [1.807, 2.05) is 11.5 Å². The molecule has 0 saturated heterocycles. The molecule has 0 aliphatic rings. The first-order chi connectivity index (χ1) is 13.8. The fourth-order valence-corrected chi connectivity index (χ4v) is 4.68. The number of thiazole rings is 1. The Bertz CT molecular complexity index is 1210. The van der Waals surface area contributed by atoms with E-state index in [1.54, 1.807) is 25.4 Å². The van der Waals surface area contributed by atoms with Gasteiger partial charge in [0, 0.05) is 12.4 Å². The average Bonchev–Trinajstić information content (AvgIpc) is 3.38. The maximum atomic E-state index is 13.3. The molecular weight excluding hydrogens is 423 g/mol. The van der Waals surface area contributed by atoms with E-state index in [1.165, 1.54) is 33.1 Å². The number of aromatic nitrogens is 3. The van der Waals surface area contributed by atoms with Gasteiger partial charge in [-0.15, -0.1) is 11.3 Å². The number of thiophene rings is 1. The van der Waals surface area contributed by atoms with E-state index in [0.29, 0.717) is 27.1 Å². The predicted octanol–water partition coefficient (Wildman–Crippen LogP) is 5.54. The summed E-state index contributed by atoms with van der Waals surface area (Å²) in [6.45, 7) is 5.36. The summed E-state index contributed by atoms with van der Waals surface area (Å²) >= 11 is 2.67. The topological polar surface area (TPSA) is 74.5 Å². The maximum absolute atomic E-state index is 13.3. The van der Waals surface area contributed by atoms with Gasteiger partial charge in [0.1, 0.15) is 5.65 Å². The third-order valence-electron chi connectivity index (χ3n) is 4.14. The van der Waals surface area contributed by atoms with Crippen molar-refractivity contribution >= 4 is 44.2 Å². The second-order valence-corrected chi connectivity index (χ2v) is 8.18. The van der Waals surface area contributed by atoms with Gasteiger partial charge >= 0.3 is 6.18 Å². The number of nitrogens with one attached hydrogen (secondary N) is 2. The second kappa shape index (κ2) is 7.17. The van der Waals surface area contributed by atoms with Crippen LogP contribution < -0.4 is 10.8 Å². The minimum absolute atomic E-state index is 0.131. The highest BCUT2D eigenvalue weighted by Crippen LogP contribution is 2.38. The number of imidazole rings is 1. The van der Waals surface area contributed by atoms with Crippen LogP contribution in [0.3, 0.4) is 0 Å². The first kappa shape index (κ1) is 19.4. The van der Waals surface area contributed by atoms with Crippen molar-refractivity contribution in [3.8, 4) is 10.6 Å².